The molecule has 1 atom stereocenters. The zero-order valence-corrected chi connectivity index (χ0v) is 7.43. The molecule has 0 saturated carbocycles. The van der Waals surface area contributed by atoms with Crippen molar-refractivity contribution in [3.05, 3.63) is 35.4 Å². The SMILES string of the molecule is C[C@@H](O)CCc1cc(F)ccc1F. The Kier molecular flexibility index (Phi) is 3.37. The van der Waals surface area contributed by atoms with Crippen LogP contribution in [0.25, 0.3) is 0 Å². The minimum absolute atomic E-state index is 0.320. The molecule has 1 aromatic carbocycles. The van der Waals surface area contributed by atoms with Crippen LogP contribution in [0.5, 0.6) is 0 Å². The van der Waals surface area contributed by atoms with E-state index in [0.29, 0.717) is 18.4 Å². The lowest BCUT2D eigenvalue weighted by molar-refractivity contribution is 0.184. The minimum Gasteiger partial charge on any atom is -0.393 e. The van der Waals surface area contributed by atoms with Crippen LogP contribution in [0.2, 0.25) is 0 Å². The third-order valence-corrected chi connectivity index (χ3v) is 1.84. The van der Waals surface area contributed by atoms with E-state index in [1.807, 2.05) is 0 Å². The maximum atomic E-state index is 13.0. The molecule has 0 aliphatic heterocycles. The van der Waals surface area contributed by atoms with Crippen molar-refractivity contribution >= 4 is 0 Å². The van der Waals surface area contributed by atoms with Crippen molar-refractivity contribution in [3.8, 4) is 0 Å². The van der Waals surface area contributed by atoms with E-state index in [1.165, 1.54) is 0 Å². The molecule has 0 saturated heterocycles. The van der Waals surface area contributed by atoms with Gasteiger partial charge in [0.1, 0.15) is 11.6 Å². The van der Waals surface area contributed by atoms with Crippen LogP contribution in [0, 0.1) is 11.6 Å². The molecule has 0 radical (unpaired) electrons. The Balaban J connectivity index is 2.70. The van der Waals surface area contributed by atoms with Gasteiger partial charge in [0.05, 0.1) is 6.10 Å². The third kappa shape index (κ3) is 3.11. The molecule has 1 aromatic rings. The first-order valence-corrected chi connectivity index (χ1v) is 4.21. The molecular formula is C10H12F2O. The highest BCUT2D eigenvalue weighted by Gasteiger charge is 2.04. The summed E-state index contributed by atoms with van der Waals surface area (Å²) in [6.45, 7) is 1.62. The Morgan fingerprint density at radius 3 is 2.69 bits per heavy atom. The van der Waals surface area contributed by atoms with Gasteiger partial charge in [-0.3, -0.25) is 0 Å². The second-order valence-electron chi connectivity index (χ2n) is 3.12. The highest BCUT2D eigenvalue weighted by molar-refractivity contribution is 5.18. The number of aliphatic hydroxyl groups is 1. The summed E-state index contributed by atoms with van der Waals surface area (Å²) in [6.07, 6.45) is 0.324. The number of halogens is 2. The molecule has 1 N–H and O–H groups in total. The fourth-order valence-electron chi connectivity index (χ4n) is 1.10. The highest BCUT2D eigenvalue weighted by Crippen LogP contribution is 2.12. The van der Waals surface area contributed by atoms with E-state index in [4.69, 9.17) is 5.11 Å². The molecule has 0 amide bonds. The second-order valence-corrected chi connectivity index (χ2v) is 3.12. The summed E-state index contributed by atoms with van der Waals surface area (Å²) in [6, 6.07) is 3.35. The highest BCUT2D eigenvalue weighted by atomic mass is 19.1. The van der Waals surface area contributed by atoms with Gasteiger partial charge in [0.25, 0.3) is 0 Å². The average Bonchev–Trinajstić information content (AvgIpc) is 2.06. The normalized spacial score (nSPS) is 12.9. The van der Waals surface area contributed by atoms with Crippen LogP contribution < -0.4 is 0 Å². The largest absolute Gasteiger partial charge is 0.393 e. The molecule has 0 aliphatic carbocycles. The summed E-state index contributed by atoms with van der Waals surface area (Å²) >= 11 is 0. The van der Waals surface area contributed by atoms with Crippen LogP contribution in [-0.4, -0.2) is 11.2 Å². The van der Waals surface area contributed by atoms with Gasteiger partial charge in [-0.2, -0.15) is 0 Å². The van der Waals surface area contributed by atoms with E-state index in [1.54, 1.807) is 6.92 Å². The van der Waals surface area contributed by atoms with E-state index >= 15 is 0 Å². The van der Waals surface area contributed by atoms with E-state index in [-0.39, 0.29) is 0 Å². The molecular weight excluding hydrogens is 174 g/mol. The van der Waals surface area contributed by atoms with Gasteiger partial charge in [-0.25, -0.2) is 8.78 Å². The van der Waals surface area contributed by atoms with Crippen molar-refractivity contribution in [3.63, 3.8) is 0 Å². The molecule has 3 heteroatoms. The monoisotopic (exact) mass is 186 g/mol. The van der Waals surface area contributed by atoms with Crippen molar-refractivity contribution in [2.45, 2.75) is 25.9 Å². The van der Waals surface area contributed by atoms with Crippen LogP contribution in [0.1, 0.15) is 18.9 Å². The Labute approximate surface area is 76.0 Å². The molecule has 0 aromatic heterocycles. The van der Waals surface area contributed by atoms with Gasteiger partial charge in [-0.05, 0) is 43.5 Å². The predicted octanol–water partition coefficient (Wildman–Crippen LogP) is 2.28. The van der Waals surface area contributed by atoms with Crippen molar-refractivity contribution in [1.82, 2.24) is 0 Å². The van der Waals surface area contributed by atoms with E-state index < -0.39 is 17.7 Å². The topological polar surface area (TPSA) is 20.2 Å². The van der Waals surface area contributed by atoms with Crippen molar-refractivity contribution < 1.29 is 13.9 Å². The summed E-state index contributed by atoms with van der Waals surface area (Å²) in [7, 11) is 0. The molecule has 0 aliphatic rings. The van der Waals surface area contributed by atoms with Gasteiger partial charge in [0.2, 0.25) is 0 Å². The number of aryl methyl sites for hydroxylation is 1. The lowest BCUT2D eigenvalue weighted by atomic mass is 10.1. The number of hydrogen-bond acceptors (Lipinski definition) is 1. The zero-order chi connectivity index (χ0) is 9.84. The van der Waals surface area contributed by atoms with Crippen LogP contribution >= 0.6 is 0 Å². The second kappa shape index (κ2) is 4.33. The molecule has 0 spiro atoms. The number of aliphatic hydroxyl groups excluding tert-OH is 1. The minimum atomic E-state index is -0.484. The van der Waals surface area contributed by atoms with E-state index in [9.17, 15) is 8.78 Å². The molecule has 0 bridgehead atoms. The number of benzene rings is 1. The zero-order valence-electron chi connectivity index (χ0n) is 7.43. The van der Waals surface area contributed by atoms with Gasteiger partial charge >= 0.3 is 0 Å². The van der Waals surface area contributed by atoms with Crippen LogP contribution in [0.3, 0.4) is 0 Å². The van der Waals surface area contributed by atoms with Crippen molar-refractivity contribution in [2.24, 2.45) is 0 Å². The summed E-state index contributed by atoms with van der Waals surface area (Å²) < 4.78 is 25.6. The first kappa shape index (κ1) is 10.1. The fourth-order valence-corrected chi connectivity index (χ4v) is 1.10. The van der Waals surface area contributed by atoms with Crippen molar-refractivity contribution in [1.29, 1.82) is 0 Å². The van der Waals surface area contributed by atoms with Crippen LogP contribution in [0.15, 0.2) is 18.2 Å². The fraction of sp³-hybridized carbons (Fsp3) is 0.400. The van der Waals surface area contributed by atoms with Crippen LogP contribution in [-0.2, 0) is 6.42 Å². The first-order valence-electron chi connectivity index (χ1n) is 4.21. The standard InChI is InChI=1S/C10H12F2O/c1-7(13)2-3-8-6-9(11)4-5-10(8)12/h4-7,13H,2-3H2,1H3/t7-/m1/s1. The maximum absolute atomic E-state index is 13.0. The summed E-state index contributed by atoms with van der Waals surface area (Å²) in [5.41, 5.74) is 0.320. The Bertz CT molecular complexity index is 284. The van der Waals surface area contributed by atoms with Gasteiger partial charge in [-0.1, -0.05) is 0 Å². The Hall–Kier alpha value is -0.960. The van der Waals surface area contributed by atoms with Gasteiger partial charge in [0.15, 0.2) is 0 Å². The summed E-state index contributed by atoms with van der Waals surface area (Å²) in [4.78, 5) is 0. The molecule has 1 rings (SSSR count). The van der Waals surface area contributed by atoms with Gasteiger partial charge in [0, 0.05) is 0 Å². The lowest BCUT2D eigenvalue weighted by Crippen LogP contribution is -2.02. The van der Waals surface area contributed by atoms with E-state index in [0.717, 1.165) is 18.2 Å². The maximum Gasteiger partial charge on any atom is 0.126 e. The molecule has 13 heavy (non-hydrogen) atoms. The third-order valence-electron chi connectivity index (χ3n) is 1.84. The van der Waals surface area contributed by atoms with Crippen LogP contribution in [0.4, 0.5) is 8.78 Å². The smallest absolute Gasteiger partial charge is 0.126 e. The molecule has 0 fully saturated rings. The summed E-state index contributed by atoms with van der Waals surface area (Å²) in [5.74, 6) is -0.857. The quantitative estimate of drug-likeness (QED) is 0.767. The van der Waals surface area contributed by atoms with Crippen molar-refractivity contribution in [2.75, 3.05) is 0 Å². The first-order chi connectivity index (χ1) is 6.09. The molecule has 72 valence electrons. The Morgan fingerprint density at radius 2 is 2.08 bits per heavy atom. The lowest BCUT2D eigenvalue weighted by Gasteiger charge is -2.05. The number of rotatable bonds is 3. The van der Waals surface area contributed by atoms with Gasteiger partial charge in [-0.15, -0.1) is 0 Å². The van der Waals surface area contributed by atoms with E-state index in [2.05, 4.69) is 0 Å². The van der Waals surface area contributed by atoms with Gasteiger partial charge < -0.3 is 5.11 Å². The molecule has 0 heterocycles. The molecule has 0 unspecified atom stereocenters. The Morgan fingerprint density at radius 1 is 1.38 bits per heavy atom. The average molecular weight is 186 g/mol. The molecule has 1 nitrogen and oxygen atoms in total. The summed E-state index contributed by atoms with van der Waals surface area (Å²) in [5, 5.41) is 8.96. The number of hydrogen-bond donors (Lipinski definition) is 1. The predicted molar refractivity (Wildman–Crippen MR) is 46.4 cm³/mol.